The summed E-state index contributed by atoms with van der Waals surface area (Å²) in [6.45, 7) is 0.0818. The van der Waals surface area contributed by atoms with Gasteiger partial charge in [-0.3, -0.25) is 9.36 Å². The maximum absolute atomic E-state index is 12.5. The van der Waals surface area contributed by atoms with Crippen LogP contribution in [0.4, 0.5) is 0 Å². The van der Waals surface area contributed by atoms with Gasteiger partial charge in [0, 0.05) is 5.02 Å². The van der Waals surface area contributed by atoms with Crippen LogP contribution in [0.5, 0.6) is 5.75 Å². The van der Waals surface area contributed by atoms with E-state index in [1.54, 1.807) is 42.5 Å². The quantitative estimate of drug-likeness (QED) is 0.721. The fourth-order valence-electron chi connectivity index (χ4n) is 2.53. The number of aliphatic hydroxyl groups is 1. The van der Waals surface area contributed by atoms with Gasteiger partial charge in [0.05, 0.1) is 36.3 Å². The van der Waals surface area contributed by atoms with Gasteiger partial charge in [-0.05, 0) is 35.9 Å². The van der Waals surface area contributed by atoms with Gasteiger partial charge in [-0.2, -0.15) is 5.26 Å². The second kappa shape index (κ2) is 8.00. The molecule has 0 aliphatic carbocycles. The summed E-state index contributed by atoms with van der Waals surface area (Å²) in [5, 5.41) is 19.7. The Labute approximate surface area is 154 Å². The smallest absolute Gasteiger partial charge is 0.261 e. The normalized spacial score (nSPS) is 11.9. The molecule has 0 radical (unpaired) electrons. The van der Waals surface area contributed by atoms with Crippen LogP contribution in [0.2, 0.25) is 5.02 Å². The molecule has 3 rings (SSSR count). The molecule has 0 aliphatic heterocycles. The van der Waals surface area contributed by atoms with E-state index in [2.05, 4.69) is 11.1 Å². The number of ether oxygens (including phenoxy) is 1. The molecule has 0 bridgehead atoms. The van der Waals surface area contributed by atoms with E-state index in [9.17, 15) is 9.90 Å². The number of nitrogens with zero attached hydrogens (tertiary/aromatic N) is 3. The highest BCUT2D eigenvalue weighted by Crippen LogP contribution is 2.15. The summed E-state index contributed by atoms with van der Waals surface area (Å²) < 4.78 is 6.87. The van der Waals surface area contributed by atoms with Crippen molar-refractivity contribution in [3.05, 3.63) is 69.7 Å². The van der Waals surface area contributed by atoms with Crippen molar-refractivity contribution >= 4 is 22.5 Å². The molecule has 0 aliphatic rings. The maximum Gasteiger partial charge on any atom is 0.261 e. The lowest BCUT2D eigenvalue weighted by Gasteiger charge is -2.14. The van der Waals surface area contributed by atoms with Crippen LogP contribution in [-0.4, -0.2) is 27.4 Å². The summed E-state index contributed by atoms with van der Waals surface area (Å²) in [6.07, 6.45) is 0.855. The standard InChI is InChI=1S/C19H16ClN3O3/c20-14-3-6-18-17(9-14)19(25)23(12-22-18)10-15(24)11-26-16-4-1-13(2-5-16)7-8-21/h1-6,9,12,15,24H,7,10-11H2/t15-/m1/s1. The molecule has 3 aromatic rings. The van der Waals surface area contributed by atoms with Gasteiger partial charge in [0.15, 0.2) is 0 Å². The largest absolute Gasteiger partial charge is 0.491 e. The number of nitriles is 1. The molecule has 0 saturated heterocycles. The molecule has 7 heteroatoms. The predicted octanol–water partition coefficient (Wildman–Crippen LogP) is 2.56. The molecule has 1 aromatic heterocycles. The zero-order chi connectivity index (χ0) is 18.5. The van der Waals surface area contributed by atoms with Crippen LogP contribution >= 0.6 is 11.6 Å². The molecule has 0 fully saturated rings. The Morgan fingerprint density at radius 1 is 1.27 bits per heavy atom. The highest BCUT2D eigenvalue weighted by Gasteiger charge is 2.11. The van der Waals surface area contributed by atoms with Gasteiger partial charge in [0.1, 0.15) is 18.5 Å². The average molecular weight is 370 g/mol. The van der Waals surface area contributed by atoms with Gasteiger partial charge in [0.2, 0.25) is 0 Å². The first-order chi connectivity index (χ1) is 12.6. The lowest BCUT2D eigenvalue weighted by molar-refractivity contribution is 0.0915. The topological polar surface area (TPSA) is 88.1 Å². The van der Waals surface area contributed by atoms with Crippen LogP contribution in [-0.2, 0) is 13.0 Å². The van der Waals surface area contributed by atoms with Crippen molar-refractivity contribution < 1.29 is 9.84 Å². The minimum atomic E-state index is -0.884. The van der Waals surface area contributed by atoms with Crippen molar-refractivity contribution in [3.63, 3.8) is 0 Å². The summed E-state index contributed by atoms with van der Waals surface area (Å²) in [5.41, 5.74) is 1.18. The van der Waals surface area contributed by atoms with Gasteiger partial charge < -0.3 is 9.84 Å². The van der Waals surface area contributed by atoms with Crippen molar-refractivity contribution in [3.8, 4) is 11.8 Å². The molecule has 1 heterocycles. The first-order valence-electron chi connectivity index (χ1n) is 7.98. The van der Waals surface area contributed by atoms with Gasteiger partial charge in [-0.25, -0.2) is 4.98 Å². The molecule has 26 heavy (non-hydrogen) atoms. The Kier molecular flexibility index (Phi) is 5.52. The first kappa shape index (κ1) is 17.9. The van der Waals surface area contributed by atoms with Crippen molar-refractivity contribution in [1.82, 2.24) is 9.55 Å². The molecule has 1 N–H and O–H groups in total. The number of hydrogen-bond donors (Lipinski definition) is 1. The molecule has 0 unspecified atom stereocenters. The summed E-state index contributed by atoms with van der Waals surface area (Å²) in [6, 6.07) is 14.1. The Balaban J connectivity index is 1.65. The van der Waals surface area contributed by atoms with E-state index in [1.165, 1.54) is 10.9 Å². The van der Waals surface area contributed by atoms with E-state index in [0.29, 0.717) is 28.1 Å². The van der Waals surface area contributed by atoms with E-state index < -0.39 is 6.10 Å². The van der Waals surface area contributed by atoms with Crippen molar-refractivity contribution in [2.45, 2.75) is 19.1 Å². The summed E-state index contributed by atoms with van der Waals surface area (Å²) in [7, 11) is 0. The molecular weight excluding hydrogens is 354 g/mol. The Hall–Kier alpha value is -2.88. The highest BCUT2D eigenvalue weighted by atomic mass is 35.5. The fourth-order valence-corrected chi connectivity index (χ4v) is 2.70. The SMILES string of the molecule is N#CCc1ccc(OC[C@H](O)Cn2cnc3ccc(Cl)cc3c2=O)cc1. The third kappa shape index (κ3) is 4.20. The van der Waals surface area contributed by atoms with Crippen LogP contribution < -0.4 is 10.3 Å². The molecule has 0 saturated carbocycles. The van der Waals surface area contributed by atoms with Crippen LogP contribution in [0, 0.1) is 11.3 Å². The lowest BCUT2D eigenvalue weighted by atomic mass is 10.2. The van der Waals surface area contributed by atoms with Crippen LogP contribution in [0.25, 0.3) is 10.9 Å². The number of halogens is 1. The van der Waals surface area contributed by atoms with Crippen molar-refractivity contribution in [2.75, 3.05) is 6.61 Å². The second-order valence-electron chi connectivity index (χ2n) is 5.81. The van der Waals surface area contributed by atoms with Gasteiger partial charge >= 0.3 is 0 Å². The van der Waals surface area contributed by atoms with Crippen LogP contribution in [0.1, 0.15) is 5.56 Å². The minimum absolute atomic E-state index is 0.0254. The van der Waals surface area contributed by atoms with E-state index in [4.69, 9.17) is 21.6 Å². The maximum atomic E-state index is 12.5. The van der Waals surface area contributed by atoms with Gasteiger partial charge in [-0.1, -0.05) is 23.7 Å². The molecular formula is C19H16ClN3O3. The molecule has 0 spiro atoms. The Morgan fingerprint density at radius 3 is 2.77 bits per heavy atom. The highest BCUT2D eigenvalue weighted by molar-refractivity contribution is 6.31. The third-order valence-electron chi connectivity index (χ3n) is 3.84. The number of hydrogen-bond acceptors (Lipinski definition) is 5. The molecule has 6 nitrogen and oxygen atoms in total. The minimum Gasteiger partial charge on any atom is -0.491 e. The predicted molar refractivity (Wildman–Crippen MR) is 98.3 cm³/mol. The van der Waals surface area contributed by atoms with Gasteiger partial charge in [-0.15, -0.1) is 0 Å². The fraction of sp³-hybridized carbons (Fsp3) is 0.211. The molecule has 0 amide bonds. The van der Waals surface area contributed by atoms with Crippen LogP contribution in [0.15, 0.2) is 53.6 Å². The second-order valence-corrected chi connectivity index (χ2v) is 6.24. The summed E-state index contributed by atoms with van der Waals surface area (Å²) in [4.78, 5) is 16.7. The molecule has 132 valence electrons. The number of fused-ring (bicyclic) bond motifs is 1. The third-order valence-corrected chi connectivity index (χ3v) is 4.08. The molecule has 1 atom stereocenters. The number of aliphatic hydroxyl groups excluding tert-OH is 1. The van der Waals surface area contributed by atoms with Crippen molar-refractivity contribution in [2.24, 2.45) is 0 Å². The van der Waals surface area contributed by atoms with E-state index in [1.807, 2.05) is 0 Å². The summed E-state index contributed by atoms with van der Waals surface area (Å²) in [5.74, 6) is 0.585. The van der Waals surface area contributed by atoms with Crippen molar-refractivity contribution in [1.29, 1.82) is 5.26 Å². The number of rotatable bonds is 6. The monoisotopic (exact) mass is 369 g/mol. The van der Waals surface area contributed by atoms with Gasteiger partial charge in [0.25, 0.3) is 5.56 Å². The first-order valence-corrected chi connectivity index (χ1v) is 8.36. The summed E-state index contributed by atoms with van der Waals surface area (Å²) >= 11 is 5.93. The Bertz CT molecular complexity index is 1010. The van der Waals surface area contributed by atoms with E-state index >= 15 is 0 Å². The zero-order valence-corrected chi connectivity index (χ0v) is 14.6. The zero-order valence-electron chi connectivity index (χ0n) is 13.8. The van der Waals surface area contributed by atoms with Crippen LogP contribution in [0.3, 0.4) is 0 Å². The number of benzene rings is 2. The lowest BCUT2D eigenvalue weighted by Crippen LogP contribution is -2.30. The number of aromatic nitrogens is 2. The Morgan fingerprint density at radius 2 is 2.04 bits per heavy atom. The van der Waals surface area contributed by atoms with E-state index in [-0.39, 0.29) is 18.7 Å². The molecule has 2 aromatic carbocycles. The van der Waals surface area contributed by atoms with E-state index in [0.717, 1.165) is 5.56 Å². The average Bonchev–Trinajstić information content (AvgIpc) is 2.64.